The number of unbranched alkanes of at least 4 members (excludes halogenated alkanes) is 3. The number of hydrogen-bond acceptors (Lipinski definition) is 2. The number of ether oxygens (including phenoxy) is 1. The van der Waals surface area contributed by atoms with Gasteiger partial charge in [-0.2, -0.15) is 0 Å². The largest absolute Gasteiger partial charge is 0.463 e. The standard InChI is InChI=1S/C17H28O2/c1-3-5-6-7-8-15-9-11-16(12-10-15)13-14-17(18)19-4-2/h8,13-14,16H,3-7,9-12H2,1-2H3/b14-13+,15-8?. The van der Waals surface area contributed by atoms with Crippen molar-refractivity contribution >= 4 is 5.97 Å². The lowest BCUT2D eigenvalue weighted by atomic mass is 9.85. The minimum Gasteiger partial charge on any atom is -0.463 e. The predicted molar refractivity (Wildman–Crippen MR) is 80.0 cm³/mol. The predicted octanol–water partition coefficient (Wildman–Crippen LogP) is 4.80. The summed E-state index contributed by atoms with van der Waals surface area (Å²) in [6, 6.07) is 0. The smallest absolute Gasteiger partial charge is 0.330 e. The quantitative estimate of drug-likeness (QED) is 0.286. The van der Waals surface area contributed by atoms with Gasteiger partial charge < -0.3 is 4.74 Å². The van der Waals surface area contributed by atoms with Crippen molar-refractivity contribution in [2.75, 3.05) is 6.61 Å². The molecule has 0 amide bonds. The van der Waals surface area contributed by atoms with E-state index in [2.05, 4.69) is 13.0 Å². The van der Waals surface area contributed by atoms with E-state index in [9.17, 15) is 4.79 Å². The Kier molecular flexibility index (Phi) is 8.28. The van der Waals surface area contributed by atoms with E-state index in [1.165, 1.54) is 51.4 Å². The van der Waals surface area contributed by atoms with Crippen LogP contribution in [0.2, 0.25) is 0 Å². The maximum atomic E-state index is 11.2. The van der Waals surface area contributed by atoms with Crippen LogP contribution in [0.5, 0.6) is 0 Å². The molecular weight excluding hydrogens is 236 g/mol. The normalized spacial score (nSPS) is 19.7. The second-order valence-electron chi connectivity index (χ2n) is 5.31. The number of allylic oxidation sites excluding steroid dienone is 3. The van der Waals surface area contributed by atoms with Crippen LogP contribution in [0.15, 0.2) is 23.8 Å². The van der Waals surface area contributed by atoms with E-state index in [4.69, 9.17) is 4.74 Å². The SMILES string of the molecule is CCCCCC=C1CCC(/C=C/C(=O)OCC)CC1. The van der Waals surface area contributed by atoms with E-state index < -0.39 is 0 Å². The summed E-state index contributed by atoms with van der Waals surface area (Å²) in [5.74, 6) is 0.348. The summed E-state index contributed by atoms with van der Waals surface area (Å²) in [6.07, 6.45) is 16.0. The Morgan fingerprint density at radius 3 is 2.63 bits per heavy atom. The van der Waals surface area contributed by atoms with Gasteiger partial charge in [-0.25, -0.2) is 4.79 Å². The lowest BCUT2D eigenvalue weighted by Gasteiger charge is -2.21. The molecule has 0 spiro atoms. The van der Waals surface area contributed by atoms with Gasteiger partial charge in [-0.15, -0.1) is 0 Å². The van der Waals surface area contributed by atoms with Crippen LogP contribution in [0.25, 0.3) is 0 Å². The third-order valence-corrected chi connectivity index (χ3v) is 3.70. The summed E-state index contributed by atoms with van der Waals surface area (Å²) in [4.78, 5) is 11.2. The molecule has 0 aromatic rings. The van der Waals surface area contributed by atoms with Crippen LogP contribution < -0.4 is 0 Å². The van der Waals surface area contributed by atoms with Crippen molar-refractivity contribution in [1.29, 1.82) is 0 Å². The second kappa shape index (κ2) is 9.82. The maximum absolute atomic E-state index is 11.2. The van der Waals surface area contributed by atoms with E-state index in [-0.39, 0.29) is 5.97 Å². The highest BCUT2D eigenvalue weighted by molar-refractivity contribution is 5.81. The fraction of sp³-hybridized carbons (Fsp3) is 0.706. The second-order valence-corrected chi connectivity index (χ2v) is 5.31. The molecule has 1 aliphatic carbocycles. The van der Waals surface area contributed by atoms with Crippen LogP contribution in [-0.2, 0) is 9.53 Å². The van der Waals surface area contributed by atoms with Gasteiger partial charge in [0.15, 0.2) is 0 Å². The van der Waals surface area contributed by atoms with Gasteiger partial charge in [-0.05, 0) is 51.4 Å². The van der Waals surface area contributed by atoms with Crippen LogP contribution in [0.1, 0.15) is 65.2 Å². The van der Waals surface area contributed by atoms with Gasteiger partial charge >= 0.3 is 5.97 Å². The van der Waals surface area contributed by atoms with Gasteiger partial charge in [0.05, 0.1) is 6.61 Å². The van der Waals surface area contributed by atoms with Gasteiger partial charge in [-0.3, -0.25) is 0 Å². The topological polar surface area (TPSA) is 26.3 Å². The van der Waals surface area contributed by atoms with Gasteiger partial charge in [0.25, 0.3) is 0 Å². The molecule has 0 heterocycles. The van der Waals surface area contributed by atoms with Crippen molar-refractivity contribution in [3.05, 3.63) is 23.8 Å². The summed E-state index contributed by atoms with van der Waals surface area (Å²) in [5.41, 5.74) is 1.62. The van der Waals surface area contributed by atoms with Crippen molar-refractivity contribution in [3.63, 3.8) is 0 Å². The molecule has 1 rings (SSSR count). The van der Waals surface area contributed by atoms with Crippen molar-refractivity contribution < 1.29 is 9.53 Å². The summed E-state index contributed by atoms with van der Waals surface area (Å²) in [6.45, 7) is 4.54. The third kappa shape index (κ3) is 7.19. The monoisotopic (exact) mass is 264 g/mol. The van der Waals surface area contributed by atoms with Crippen LogP contribution in [0, 0.1) is 5.92 Å². The van der Waals surface area contributed by atoms with Gasteiger partial charge in [0.2, 0.25) is 0 Å². The first-order valence-corrected chi connectivity index (χ1v) is 7.79. The van der Waals surface area contributed by atoms with Crippen molar-refractivity contribution in [3.8, 4) is 0 Å². The molecule has 0 aromatic carbocycles. The Morgan fingerprint density at radius 1 is 1.26 bits per heavy atom. The van der Waals surface area contributed by atoms with Crippen molar-refractivity contribution in [1.82, 2.24) is 0 Å². The van der Waals surface area contributed by atoms with E-state index in [1.807, 2.05) is 13.0 Å². The Bertz CT molecular complexity index is 305. The average Bonchev–Trinajstić information content (AvgIpc) is 2.43. The molecule has 1 aliphatic rings. The molecule has 0 N–H and O–H groups in total. The molecular formula is C17H28O2. The lowest BCUT2D eigenvalue weighted by molar-refractivity contribution is -0.137. The summed E-state index contributed by atoms with van der Waals surface area (Å²) in [5, 5.41) is 0. The van der Waals surface area contributed by atoms with Gasteiger partial charge in [0.1, 0.15) is 0 Å². The first kappa shape index (κ1) is 16.0. The number of hydrogen-bond donors (Lipinski definition) is 0. The molecule has 0 aliphatic heterocycles. The number of rotatable bonds is 7. The molecule has 0 radical (unpaired) electrons. The highest BCUT2D eigenvalue weighted by Gasteiger charge is 2.14. The molecule has 2 heteroatoms. The summed E-state index contributed by atoms with van der Waals surface area (Å²) >= 11 is 0. The Morgan fingerprint density at radius 2 is 2.00 bits per heavy atom. The fourth-order valence-corrected chi connectivity index (χ4v) is 2.51. The average molecular weight is 264 g/mol. The van der Waals surface area contributed by atoms with E-state index >= 15 is 0 Å². The Labute approximate surface area is 117 Å². The lowest BCUT2D eigenvalue weighted by Crippen LogP contribution is -2.07. The molecule has 108 valence electrons. The fourth-order valence-electron chi connectivity index (χ4n) is 2.51. The highest BCUT2D eigenvalue weighted by Crippen LogP contribution is 2.29. The van der Waals surface area contributed by atoms with E-state index in [0.29, 0.717) is 12.5 Å². The van der Waals surface area contributed by atoms with Crippen LogP contribution in [0.4, 0.5) is 0 Å². The van der Waals surface area contributed by atoms with Crippen molar-refractivity contribution in [2.24, 2.45) is 5.92 Å². The minimum absolute atomic E-state index is 0.205. The zero-order valence-corrected chi connectivity index (χ0v) is 12.5. The van der Waals surface area contributed by atoms with E-state index in [0.717, 1.165) is 0 Å². The molecule has 0 unspecified atom stereocenters. The summed E-state index contributed by atoms with van der Waals surface area (Å²) < 4.78 is 4.89. The number of esters is 1. The van der Waals surface area contributed by atoms with Crippen LogP contribution >= 0.6 is 0 Å². The van der Waals surface area contributed by atoms with Crippen LogP contribution in [-0.4, -0.2) is 12.6 Å². The van der Waals surface area contributed by atoms with Gasteiger partial charge in [-0.1, -0.05) is 37.5 Å². The van der Waals surface area contributed by atoms with Gasteiger partial charge in [0, 0.05) is 6.08 Å². The molecule has 1 saturated carbocycles. The molecule has 2 nitrogen and oxygen atoms in total. The molecule has 0 bridgehead atoms. The Balaban J connectivity index is 2.23. The van der Waals surface area contributed by atoms with Crippen LogP contribution in [0.3, 0.4) is 0 Å². The molecule has 0 aromatic heterocycles. The Hall–Kier alpha value is -1.05. The highest BCUT2D eigenvalue weighted by atomic mass is 16.5. The first-order valence-electron chi connectivity index (χ1n) is 7.79. The zero-order valence-electron chi connectivity index (χ0n) is 12.5. The molecule has 1 fully saturated rings. The molecule has 0 saturated heterocycles. The molecule has 19 heavy (non-hydrogen) atoms. The summed E-state index contributed by atoms with van der Waals surface area (Å²) in [7, 11) is 0. The van der Waals surface area contributed by atoms with Crippen molar-refractivity contribution in [2.45, 2.75) is 65.2 Å². The third-order valence-electron chi connectivity index (χ3n) is 3.70. The zero-order chi connectivity index (χ0) is 13.9. The first-order chi connectivity index (χ1) is 9.26. The molecule has 0 atom stereocenters. The van der Waals surface area contributed by atoms with E-state index in [1.54, 1.807) is 11.6 Å². The maximum Gasteiger partial charge on any atom is 0.330 e. The number of carbonyl (C=O) groups is 1. The number of carbonyl (C=O) groups excluding carboxylic acids is 1. The minimum atomic E-state index is -0.205.